The number of hydrogen-bond acceptors (Lipinski definition) is 4. The normalized spacial score (nSPS) is 21.7. The minimum atomic E-state index is -0.805. The Labute approximate surface area is 76.8 Å². The summed E-state index contributed by atoms with van der Waals surface area (Å²) in [5.74, 6) is -1.38. The molecule has 5 heteroatoms. The molecule has 2 N–H and O–H groups in total. The molecule has 0 radical (unpaired) electrons. The highest BCUT2D eigenvalue weighted by atomic mass is 16.5. The van der Waals surface area contributed by atoms with Crippen LogP contribution >= 0.6 is 0 Å². The zero-order valence-corrected chi connectivity index (χ0v) is 7.66. The van der Waals surface area contributed by atoms with E-state index >= 15 is 0 Å². The van der Waals surface area contributed by atoms with E-state index in [2.05, 4.69) is 4.74 Å². The Morgan fingerprint density at radius 3 is 2.85 bits per heavy atom. The van der Waals surface area contributed by atoms with Crippen LogP contribution < -0.4 is 5.73 Å². The lowest BCUT2D eigenvalue weighted by Gasteiger charge is -2.21. The summed E-state index contributed by atoms with van der Waals surface area (Å²) in [6, 6.07) is 0.00611. The van der Waals surface area contributed by atoms with Crippen molar-refractivity contribution in [2.75, 3.05) is 20.2 Å². The van der Waals surface area contributed by atoms with Crippen LogP contribution in [0, 0.1) is 0 Å². The van der Waals surface area contributed by atoms with Gasteiger partial charge in [-0.1, -0.05) is 0 Å². The highest BCUT2D eigenvalue weighted by molar-refractivity contribution is 6.32. The van der Waals surface area contributed by atoms with Gasteiger partial charge in [0.25, 0.3) is 0 Å². The summed E-state index contributed by atoms with van der Waals surface area (Å²) in [6.45, 7) is 1.01. The fourth-order valence-electron chi connectivity index (χ4n) is 1.55. The van der Waals surface area contributed by atoms with Crippen molar-refractivity contribution in [3.05, 3.63) is 0 Å². The van der Waals surface area contributed by atoms with Gasteiger partial charge in [-0.05, 0) is 12.8 Å². The molecule has 1 amide bonds. The highest BCUT2D eigenvalue weighted by Gasteiger charge is 2.31. The fourth-order valence-corrected chi connectivity index (χ4v) is 1.55. The summed E-state index contributed by atoms with van der Waals surface area (Å²) in [6.07, 6.45) is 1.78. The largest absolute Gasteiger partial charge is 0.462 e. The predicted octanol–water partition coefficient (Wildman–Crippen LogP) is -0.891. The van der Waals surface area contributed by atoms with Crippen molar-refractivity contribution in [3.8, 4) is 0 Å². The van der Waals surface area contributed by atoms with Crippen molar-refractivity contribution < 1.29 is 14.3 Å². The number of ether oxygens (including phenoxy) is 1. The summed E-state index contributed by atoms with van der Waals surface area (Å²) in [5, 5.41) is 0. The van der Waals surface area contributed by atoms with Gasteiger partial charge in [0, 0.05) is 19.1 Å². The van der Waals surface area contributed by atoms with E-state index in [1.807, 2.05) is 0 Å². The third kappa shape index (κ3) is 1.98. The molecule has 1 atom stereocenters. The molecule has 0 aromatic rings. The maximum Gasteiger partial charge on any atom is 0.396 e. The molecule has 0 aromatic carbocycles. The second-order valence-electron chi connectivity index (χ2n) is 3.02. The molecule has 0 spiro atoms. The van der Waals surface area contributed by atoms with E-state index in [9.17, 15) is 9.59 Å². The third-order valence-electron chi connectivity index (χ3n) is 2.27. The molecule has 13 heavy (non-hydrogen) atoms. The first-order chi connectivity index (χ1) is 6.20. The first-order valence-electron chi connectivity index (χ1n) is 4.29. The molecule has 0 saturated carbocycles. The minimum absolute atomic E-state index is 0.00611. The van der Waals surface area contributed by atoms with Crippen molar-refractivity contribution in [1.29, 1.82) is 0 Å². The Balaban J connectivity index is 2.60. The number of esters is 1. The number of carbonyl (C=O) groups excluding carboxylic acids is 2. The number of hydrogen-bond donors (Lipinski definition) is 1. The summed E-state index contributed by atoms with van der Waals surface area (Å²) in [4.78, 5) is 23.7. The van der Waals surface area contributed by atoms with E-state index < -0.39 is 11.9 Å². The second kappa shape index (κ2) is 4.23. The number of nitrogens with zero attached hydrogens (tertiary/aromatic N) is 1. The van der Waals surface area contributed by atoms with Crippen molar-refractivity contribution >= 4 is 11.9 Å². The Bertz CT molecular complexity index is 217. The van der Waals surface area contributed by atoms with Gasteiger partial charge in [0.15, 0.2) is 0 Å². The minimum Gasteiger partial charge on any atom is -0.462 e. The van der Waals surface area contributed by atoms with E-state index in [1.165, 1.54) is 12.0 Å². The van der Waals surface area contributed by atoms with Gasteiger partial charge in [-0.3, -0.25) is 4.79 Å². The first kappa shape index (κ1) is 9.98. The number of methoxy groups -OCH3 is 1. The van der Waals surface area contributed by atoms with Gasteiger partial charge >= 0.3 is 11.9 Å². The van der Waals surface area contributed by atoms with Crippen LogP contribution in [0.15, 0.2) is 0 Å². The van der Waals surface area contributed by atoms with E-state index in [0.29, 0.717) is 13.1 Å². The van der Waals surface area contributed by atoms with Crippen LogP contribution in [0.5, 0.6) is 0 Å². The van der Waals surface area contributed by atoms with Crippen molar-refractivity contribution in [1.82, 2.24) is 4.90 Å². The Morgan fingerprint density at radius 1 is 1.62 bits per heavy atom. The zero-order chi connectivity index (χ0) is 9.84. The second-order valence-corrected chi connectivity index (χ2v) is 3.02. The summed E-state index contributed by atoms with van der Waals surface area (Å²) in [5.41, 5.74) is 5.46. The van der Waals surface area contributed by atoms with Gasteiger partial charge in [-0.2, -0.15) is 0 Å². The molecule has 1 saturated heterocycles. The van der Waals surface area contributed by atoms with Crippen LogP contribution in [0.1, 0.15) is 12.8 Å². The molecule has 5 nitrogen and oxygen atoms in total. The van der Waals surface area contributed by atoms with Crippen molar-refractivity contribution in [2.24, 2.45) is 5.73 Å². The van der Waals surface area contributed by atoms with Crippen LogP contribution in [0.3, 0.4) is 0 Å². The number of carbonyl (C=O) groups is 2. The molecule has 0 aliphatic carbocycles. The Hall–Kier alpha value is -1.10. The van der Waals surface area contributed by atoms with Gasteiger partial charge in [-0.25, -0.2) is 4.79 Å². The Morgan fingerprint density at radius 2 is 2.31 bits per heavy atom. The average Bonchev–Trinajstić information content (AvgIpc) is 2.62. The number of likely N-dealkylation sites (tertiary alicyclic amines) is 1. The number of rotatable bonds is 1. The lowest BCUT2D eigenvalue weighted by molar-refractivity contribution is -0.158. The monoisotopic (exact) mass is 186 g/mol. The van der Waals surface area contributed by atoms with E-state index in [0.717, 1.165) is 12.8 Å². The topological polar surface area (TPSA) is 72.6 Å². The van der Waals surface area contributed by atoms with E-state index in [-0.39, 0.29) is 6.04 Å². The van der Waals surface area contributed by atoms with Crippen molar-refractivity contribution in [3.63, 3.8) is 0 Å². The molecule has 1 rings (SSSR count). The van der Waals surface area contributed by atoms with Gasteiger partial charge in [0.2, 0.25) is 0 Å². The third-order valence-corrected chi connectivity index (χ3v) is 2.27. The molecular formula is C8H14N2O3. The highest BCUT2D eigenvalue weighted by Crippen LogP contribution is 2.16. The average molecular weight is 186 g/mol. The van der Waals surface area contributed by atoms with Crippen LogP contribution in [-0.2, 0) is 14.3 Å². The maximum absolute atomic E-state index is 11.3. The summed E-state index contributed by atoms with van der Waals surface area (Å²) >= 11 is 0. The molecule has 1 fully saturated rings. The quantitative estimate of drug-likeness (QED) is 0.426. The molecule has 0 bridgehead atoms. The van der Waals surface area contributed by atoms with E-state index in [4.69, 9.17) is 5.73 Å². The number of nitrogens with two attached hydrogens (primary N) is 1. The zero-order valence-electron chi connectivity index (χ0n) is 7.66. The van der Waals surface area contributed by atoms with Gasteiger partial charge in [-0.15, -0.1) is 0 Å². The first-order valence-corrected chi connectivity index (χ1v) is 4.29. The molecule has 74 valence electrons. The molecule has 1 aliphatic rings. The lowest BCUT2D eigenvalue weighted by atomic mass is 10.2. The van der Waals surface area contributed by atoms with Crippen molar-refractivity contribution in [2.45, 2.75) is 18.9 Å². The Kier molecular flexibility index (Phi) is 3.25. The molecule has 1 heterocycles. The maximum atomic E-state index is 11.3. The van der Waals surface area contributed by atoms with Gasteiger partial charge in [0.05, 0.1) is 7.11 Å². The van der Waals surface area contributed by atoms with Crippen LogP contribution in [0.2, 0.25) is 0 Å². The molecule has 1 aliphatic heterocycles. The van der Waals surface area contributed by atoms with Crippen LogP contribution in [0.25, 0.3) is 0 Å². The van der Waals surface area contributed by atoms with E-state index in [1.54, 1.807) is 0 Å². The molecule has 1 unspecified atom stereocenters. The van der Waals surface area contributed by atoms with Crippen LogP contribution in [-0.4, -0.2) is 43.0 Å². The SMILES string of the molecule is COC(=O)C(=O)N1CCCC1CN. The van der Waals surface area contributed by atoms with Gasteiger partial charge in [0.1, 0.15) is 0 Å². The summed E-state index contributed by atoms with van der Waals surface area (Å²) in [7, 11) is 1.20. The molecular weight excluding hydrogens is 172 g/mol. The van der Waals surface area contributed by atoms with Gasteiger partial charge < -0.3 is 15.4 Å². The smallest absolute Gasteiger partial charge is 0.396 e. The predicted molar refractivity (Wildman–Crippen MR) is 45.8 cm³/mol. The lowest BCUT2D eigenvalue weighted by Crippen LogP contribution is -2.43. The van der Waals surface area contributed by atoms with Crippen LogP contribution in [0.4, 0.5) is 0 Å². The number of amides is 1. The molecule has 0 aromatic heterocycles. The standard InChI is InChI=1S/C8H14N2O3/c1-13-8(12)7(11)10-4-2-3-6(10)5-9/h6H,2-5,9H2,1H3. The summed E-state index contributed by atoms with van der Waals surface area (Å²) < 4.78 is 4.35. The fraction of sp³-hybridized carbons (Fsp3) is 0.750.